The zero-order valence-electron chi connectivity index (χ0n) is 12.3. The number of aromatic nitrogens is 4. The summed E-state index contributed by atoms with van der Waals surface area (Å²) < 4.78 is 8.10. The summed E-state index contributed by atoms with van der Waals surface area (Å²) in [5.41, 5.74) is 1.27. The molecular formula is C16H15BrN4O2. The Hall–Kier alpha value is -1.99. The lowest BCUT2D eigenvalue weighted by atomic mass is 9.80. The third kappa shape index (κ3) is 2.82. The Morgan fingerprint density at radius 3 is 3.09 bits per heavy atom. The molecule has 0 aliphatic heterocycles. The Morgan fingerprint density at radius 1 is 1.35 bits per heavy atom. The molecule has 2 heterocycles. The van der Waals surface area contributed by atoms with Crippen LogP contribution in [0.1, 0.15) is 29.3 Å². The van der Waals surface area contributed by atoms with Gasteiger partial charge < -0.3 is 9.63 Å². The molecule has 4 rings (SSSR count). The molecule has 0 amide bonds. The van der Waals surface area contributed by atoms with Gasteiger partial charge in [-0.2, -0.15) is 10.1 Å². The van der Waals surface area contributed by atoms with Crippen LogP contribution in [0.4, 0.5) is 0 Å². The molecule has 3 aromatic rings. The summed E-state index contributed by atoms with van der Waals surface area (Å²) in [6.07, 6.45) is 5.37. The summed E-state index contributed by atoms with van der Waals surface area (Å²) in [7, 11) is 0. The van der Waals surface area contributed by atoms with Crippen molar-refractivity contribution < 1.29 is 9.63 Å². The highest BCUT2D eigenvalue weighted by molar-refractivity contribution is 9.10. The van der Waals surface area contributed by atoms with Crippen LogP contribution in [0, 0.1) is 0 Å². The van der Waals surface area contributed by atoms with Gasteiger partial charge in [0.25, 0.3) is 5.89 Å². The van der Waals surface area contributed by atoms with Gasteiger partial charge in [0.05, 0.1) is 0 Å². The van der Waals surface area contributed by atoms with Crippen LogP contribution < -0.4 is 0 Å². The predicted octanol–water partition coefficient (Wildman–Crippen LogP) is 2.45. The molecule has 0 spiro atoms. The van der Waals surface area contributed by atoms with Gasteiger partial charge in [0, 0.05) is 23.3 Å². The van der Waals surface area contributed by atoms with Gasteiger partial charge in [-0.25, -0.2) is 0 Å². The van der Waals surface area contributed by atoms with Crippen LogP contribution in [0.25, 0.3) is 0 Å². The number of halogens is 1. The number of nitrogens with zero attached hydrogens (tertiary/aromatic N) is 4. The van der Waals surface area contributed by atoms with Gasteiger partial charge in [-0.05, 0) is 42.2 Å². The van der Waals surface area contributed by atoms with Gasteiger partial charge in [0.1, 0.15) is 12.1 Å². The fourth-order valence-corrected chi connectivity index (χ4v) is 3.38. The first kappa shape index (κ1) is 14.6. The van der Waals surface area contributed by atoms with Crippen molar-refractivity contribution >= 4 is 15.9 Å². The molecule has 0 radical (unpaired) electrons. The highest BCUT2D eigenvalue weighted by Gasteiger charge is 2.39. The number of benzene rings is 1. The van der Waals surface area contributed by atoms with E-state index < -0.39 is 5.60 Å². The lowest BCUT2D eigenvalue weighted by Gasteiger charge is -2.30. The van der Waals surface area contributed by atoms with E-state index in [1.165, 1.54) is 5.56 Å². The fourth-order valence-electron chi connectivity index (χ4n) is 2.97. The molecule has 23 heavy (non-hydrogen) atoms. The molecular weight excluding hydrogens is 360 g/mol. The lowest BCUT2D eigenvalue weighted by Crippen LogP contribution is -2.33. The number of aryl methyl sites for hydroxylation is 1. The maximum absolute atomic E-state index is 11.0. The molecule has 1 aromatic carbocycles. The van der Waals surface area contributed by atoms with E-state index >= 15 is 0 Å². The summed E-state index contributed by atoms with van der Waals surface area (Å²) in [6.45, 7) is 0.427. The van der Waals surface area contributed by atoms with Gasteiger partial charge in [0.15, 0.2) is 5.82 Å². The van der Waals surface area contributed by atoms with Crippen LogP contribution in [0.15, 0.2) is 45.7 Å². The number of aliphatic hydroxyl groups is 1. The lowest BCUT2D eigenvalue weighted by molar-refractivity contribution is -0.00861. The van der Waals surface area contributed by atoms with Crippen molar-refractivity contribution in [3.8, 4) is 0 Å². The van der Waals surface area contributed by atoms with Crippen molar-refractivity contribution in [2.45, 2.75) is 31.4 Å². The van der Waals surface area contributed by atoms with Crippen molar-refractivity contribution in [3.63, 3.8) is 0 Å². The first-order valence-corrected chi connectivity index (χ1v) is 8.22. The van der Waals surface area contributed by atoms with Gasteiger partial charge in [0.2, 0.25) is 0 Å². The standard InChI is InChI=1S/C16H15BrN4O2/c17-13-3-2-12-9-16(22,5-4-11(12)8-13)15-19-14(20-23-15)10-21-7-1-6-18-21/h1-3,6-8,22H,4-5,9-10H2. The normalized spacial score (nSPS) is 20.4. The zero-order valence-corrected chi connectivity index (χ0v) is 13.9. The number of rotatable bonds is 3. The molecule has 1 aliphatic rings. The van der Waals surface area contributed by atoms with Crippen molar-refractivity contribution in [3.05, 3.63) is 64.0 Å². The van der Waals surface area contributed by atoms with E-state index in [-0.39, 0.29) is 5.89 Å². The van der Waals surface area contributed by atoms with Gasteiger partial charge in [-0.3, -0.25) is 4.68 Å². The van der Waals surface area contributed by atoms with Crippen molar-refractivity contribution in [2.24, 2.45) is 0 Å². The van der Waals surface area contributed by atoms with E-state index in [9.17, 15) is 5.11 Å². The molecule has 0 fully saturated rings. The largest absolute Gasteiger partial charge is 0.380 e. The smallest absolute Gasteiger partial charge is 0.259 e. The molecule has 7 heteroatoms. The maximum Gasteiger partial charge on any atom is 0.259 e. The van der Waals surface area contributed by atoms with E-state index in [4.69, 9.17) is 4.52 Å². The average Bonchev–Trinajstić information content (AvgIpc) is 3.20. The summed E-state index contributed by atoms with van der Waals surface area (Å²) in [5.74, 6) is 0.798. The number of hydrogen-bond donors (Lipinski definition) is 1. The van der Waals surface area contributed by atoms with Crippen molar-refractivity contribution in [1.29, 1.82) is 0 Å². The predicted molar refractivity (Wildman–Crippen MR) is 85.7 cm³/mol. The van der Waals surface area contributed by atoms with Crippen LogP contribution in [-0.4, -0.2) is 25.0 Å². The Labute approximate surface area is 141 Å². The van der Waals surface area contributed by atoms with Crippen LogP contribution in [0.5, 0.6) is 0 Å². The monoisotopic (exact) mass is 374 g/mol. The second-order valence-electron chi connectivity index (χ2n) is 5.84. The number of hydrogen-bond acceptors (Lipinski definition) is 5. The molecule has 1 N–H and O–H groups in total. The molecule has 118 valence electrons. The maximum atomic E-state index is 11.0. The molecule has 6 nitrogen and oxygen atoms in total. The number of fused-ring (bicyclic) bond motifs is 1. The van der Waals surface area contributed by atoms with Crippen molar-refractivity contribution in [1.82, 2.24) is 19.9 Å². The van der Waals surface area contributed by atoms with Gasteiger partial charge in [-0.1, -0.05) is 27.2 Å². The van der Waals surface area contributed by atoms with Crippen molar-refractivity contribution in [2.75, 3.05) is 0 Å². The molecule has 0 saturated carbocycles. The third-order valence-corrected chi connectivity index (χ3v) is 4.68. The molecule has 0 bridgehead atoms. The molecule has 1 aliphatic carbocycles. The van der Waals surface area contributed by atoms with Crippen LogP contribution >= 0.6 is 15.9 Å². The van der Waals surface area contributed by atoms with E-state index in [1.807, 2.05) is 24.4 Å². The minimum absolute atomic E-state index is 0.285. The van der Waals surface area contributed by atoms with E-state index in [2.05, 4.69) is 37.2 Å². The Morgan fingerprint density at radius 2 is 2.26 bits per heavy atom. The minimum Gasteiger partial charge on any atom is -0.380 e. The Bertz CT molecular complexity index is 830. The average molecular weight is 375 g/mol. The highest BCUT2D eigenvalue weighted by atomic mass is 79.9. The molecule has 0 saturated heterocycles. The van der Waals surface area contributed by atoms with Crippen LogP contribution in [-0.2, 0) is 25.0 Å². The van der Waals surface area contributed by atoms with E-state index in [0.29, 0.717) is 25.2 Å². The second-order valence-corrected chi connectivity index (χ2v) is 6.76. The zero-order chi connectivity index (χ0) is 15.9. The summed E-state index contributed by atoms with van der Waals surface area (Å²) >= 11 is 3.48. The molecule has 1 unspecified atom stereocenters. The van der Waals surface area contributed by atoms with Crippen LogP contribution in [0.3, 0.4) is 0 Å². The summed E-state index contributed by atoms with van der Waals surface area (Å²) in [6, 6.07) is 7.96. The first-order chi connectivity index (χ1) is 11.1. The quantitative estimate of drug-likeness (QED) is 0.761. The van der Waals surface area contributed by atoms with E-state index in [1.54, 1.807) is 10.9 Å². The Kier molecular flexibility index (Phi) is 3.54. The molecule has 1 atom stereocenters. The molecule has 2 aromatic heterocycles. The summed E-state index contributed by atoms with van der Waals surface area (Å²) in [4.78, 5) is 4.37. The highest BCUT2D eigenvalue weighted by Crippen LogP contribution is 2.36. The van der Waals surface area contributed by atoms with Gasteiger partial charge in [-0.15, -0.1) is 0 Å². The van der Waals surface area contributed by atoms with Gasteiger partial charge >= 0.3 is 0 Å². The second kappa shape index (κ2) is 5.58. The minimum atomic E-state index is -1.10. The summed E-state index contributed by atoms with van der Waals surface area (Å²) in [5, 5.41) is 19.1. The Balaban J connectivity index is 1.58. The fraction of sp³-hybridized carbons (Fsp3) is 0.312. The van der Waals surface area contributed by atoms with Crippen LogP contribution in [0.2, 0.25) is 0 Å². The third-order valence-electron chi connectivity index (χ3n) is 4.19. The van der Waals surface area contributed by atoms with E-state index in [0.717, 1.165) is 16.5 Å². The SMILES string of the molecule is OC1(c2nc(Cn3cccn3)no2)CCc2cc(Br)ccc2C1. The topological polar surface area (TPSA) is 77.0 Å². The first-order valence-electron chi connectivity index (χ1n) is 7.43.